The van der Waals surface area contributed by atoms with E-state index >= 15 is 0 Å². The Morgan fingerprint density at radius 3 is 2.67 bits per heavy atom. The van der Waals surface area contributed by atoms with E-state index in [1.54, 1.807) is 24.2 Å². The standard InChI is InChI=1S/C20H17ClF3N5O/c1-11-6-7-16(25-10-11)29-15-8-9-28(12(2)18(15)26-27-29)19(30)13-4-3-5-14(17(13)21)20(22,23)24/h3-10,12,26-27H,1-2H3. The van der Waals surface area contributed by atoms with E-state index in [-0.39, 0.29) is 5.56 Å². The molecule has 2 aliphatic rings. The number of benzene rings is 1. The third-order valence-corrected chi connectivity index (χ3v) is 5.35. The molecule has 0 radical (unpaired) electrons. The number of anilines is 1. The molecule has 0 spiro atoms. The number of nitrogens with one attached hydrogen (secondary N) is 2. The van der Waals surface area contributed by atoms with Crippen LogP contribution in [-0.2, 0) is 6.18 Å². The zero-order valence-electron chi connectivity index (χ0n) is 16.0. The van der Waals surface area contributed by atoms with Crippen molar-refractivity contribution < 1.29 is 18.0 Å². The van der Waals surface area contributed by atoms with Gasteiger partial charge in [-0.1, -0.05) is 23.7 Å². The minimum Gasteiger partial charge on any atom is -0.306 e. The normalized spacial score (nSPS) is 18.5. The van der Waals surface area contributed by atoms with Gasteiger partial charge in [-0.25, -0.2) is 9.99 Å². The number of allylic oxidation sites excluding steroid dienone is 1. The first-order valence-corrected chi connectivity index (χ1v) is 9.41. The lowest BCUT2D eigenvalue weighted by Crippen LogP contribution is -2.42. The van der Waals surface area contributed by atoms with Crippen molar-refractivity contribution in [2.75, 3.05) is 5.01 Å². The Morgan fingerprint density at radius 1 is 1.23 bits per heavy atom. The van der Waals surface area contributed by atoms with E-state index in [9.17, 15) is 18.0 Å². The molecule has 156 valence electrons. The topological polar surface area (TPSA) is 60.5 Å². The number of amides is 1. The fourth-order valence-corrected chi connectivity index (χ4v) is 3.65. The molecule has 10 heteroatoms. The average molecular weight is 436 g/mol. The van der Waals surface area contributed by atoms with Crippen molar-refractivity contribution in [3.8, 4) is 0 Å². The van der Waals surface area contributed by atoms with Crippen molar-refractivity contribution in [2.24, 2.45) is 0 Å². The third-order valence-electron chi connectivity index (χ3n) is 4.94. The van der Waals surface area contributed by atoms with Crippen molar-refractivity contribution >= 4 is 23.3 Å². The summed E-state index contributed by atoms with van der Waals surface area (Å²) < 4.78 is 39.5. The highest BCUT2D eigenvalue weighted by atomic mass is 35.5. The van der Waals surface area contributed by atoms with Crippen molar-refractivity contribution in [2.45, 2.75) is 26.1 Å². The molecule has 0 fully saturated rings. The molecule has 0 aliphatic carbocycles. The van der Waals surface area contributed by atoms with Gasteiger partial charge in [-0.3, -0.25) is 4.79 Å². The Hall–Kier alpha value is -3.04. The molecule has 1 unspecified atom stereocenters. The number of aromatic nitrogens is 1. The van der Waals surface area contributed by atoms with E-state index in [0.717, 1.165) is 17.3 Å². The number of nitrogens with zero attached hydrogens (tertiary/aromatic N) is 3. The molecule has 6 nitrogen and oxygen atoms in total. The molecular weight excluding hydrogens is 419 g/mol. The second-order valence-corrected chi connectivity index (χ2v) is 7.31. The summed E-state index contributed by atoms with van der Waals surface area (Å²) in [6.07, 6.45) is 0.295. The molecule has 1 aromatic heterocycles. The summed E-state index contributed by atoms with van der Waals surface area (Å²) in [5.41, 5.74) is 7.19. The monoisotopic (exact) mass is 435 g/mol. The molecule has 4 rings (SSSR count). The van der Waals surface area contributed by atoms with Crippen LogP contribution < -0.4 is 16.0 Å². The summed E-state index contributed by atoms with van der Waals surface area (Å²) in [7, 11) is 0. The Morgan fingerprint density at radius 2 is 2.00 bits per heavy atom. The summed E-state index contributed by atoms with van der Waals surface area (Å²) in [5.74, 6) is 0.0192. The second-order valence-electron chi connectivity index (χ2n) is 6.93. The van der Waals surface area contributed by atoms with Crippen LogP contribution in [0.4, 0.5) is 19.0 Å². The molecule has 1 atom stereocenters. The zero-order valence-corrected chi connectivity index (χ0v) is 16.7. The van der Waals surface area contributed by atoms with Gasteiger partial charge in [0.15, 0.2) is 0 Å². The van der Waals surface area contributed by atoms with Gasteiger partial charge in [0.2, 0.25) is 0 Å². The van der Waals surface area contributed by atoms with Gasteiger partial charge in [0.25, 0.3) is 5.91 Å². The van der Waals surface area contributed by atoms with Crippen LogP contribution in [0, 0.1) is 6.92 Å². The third kappa shape index (κ3) is 3.40. The van der Waals surface area contributed by atoms with E-state index in [2.05, 4.69) is 15.9 Å². The number of hydrogen-bond donors (Lipinski definition) is 2. The first kappa shape index (κ1) is 20.2. The van der Waals surface area contributed by atoms with Crippen LogP contribution in [0.3, 0.4) is 0 Å². The molecule has 2 N–H and O–H groups in total. The predicted octanol–water partition coefficient (Wildman–Crippen LogP) is 4.16. The van der Waals surface area contributed by atoms with Crippen molar-refractivity contribution in [3.05, 3.63) is 81.9 Å². The van der Waals surface area contributed by atoms with Gasteiger partial charge in [-0.2, -0.15) is 13.2 Å². The number of halogens is 4. The fraction of sp³-hybridized carbons (Fsp3) is 0.200. The number of rotatable bonds is 2. The first-order valence-electron chi connectivity index (χ1n) is 9.03. The first-order chi connectivity index (χ1) is 14.2. The van der Waals surface area contributed by atoms with Gasteiger partial charge in [0.05, 0.1) is 33.6 Å². The number of hydrazine groups is 2. The van der Waals surface area contributed by atoms with Crippen LogP contribution in [0.5, 0.6) is 0 Å². The second kappa shape index (κ2) is 7.33. The van der Waals surface area contributed by atoms with Gasteiger partial charge >= 0.3 is 6.18 Å². The lowest BCUT2D eigenvalue weighted by atomic mass is 10.0. The maximum Gasteiger partial charge on any atom is 0.417 e. The van der Waals surface area contributed by atoms with Gasteiger partial charge < -0.3 is 10.3 Å². The Balaban J connectivity index is 1.63. The summed E-state index contributed by atoms with van der Waals surface area (Å²) in [5, 5.41) is 1.11. The molecule has 2 aromatic rings. The highest BCUT2D eigenvalue weighted by Gasteiger charge is 2.37. The maximum atomic E-state index is 13.2. The van der Waals surface area contributed by atoms with Crippen molar-refractivity contribution in [1.82, 2.24) is 20.8 Å². The number of carbonyl (C=O) groups is 1. The van der Waals surface area contributed by atoms with Crippen molar-refractivity contribution in [3.63, 3.8) is 0 Å². The van der Waals surface area contributed by atoms with E-state index < -0.39 is 28.7 Å². The zero-order chi connectivity index (χ0) is 21.6. The van der Waals surface area contributed by atoms with Crippen LogP contribution >= 0.6 is 11.6 Å². The van der Waals surface area contributed by atoms with E-state index in [1.165, 1.54) is 23.2 Å². The quantitative estimate of drug-likeness (QED) is 0.741. The molecule has 3 heterocycles. The SMILES string of the molecule is Cc1ccc(N2NNC3=C2C=CN(C(=O)c2cccc(C(F)(F)F)c2Cl)C3C)nc1. The minimum atomic E-state index is -4.65. The van der Waals surface area contributed by atoms with Crippen molar-refractivity contribution in [1.29, 1.82) is 0 Å². The largest absolute Gasteiger partial charge is 0.417 e. The van der Waals surface area contributed by atoms with Crippen LogP contribution in [0.1, 0.15) is 28.4 Å². The van der Waals surface area contributed by atoms with Crippen LogP contribution in [0.25, 0.3) is 0 Å². The molecule has 2 aliphatic heterocycles. The predicted molar refractivity (Wildman–Crippen MR) is 106 cm³/mol. The number of pyridine rings is 1. The molecule has 1 amide bonds. The summed E-state index contributed by atoms with van der Waals surface area (Å²) in [6, 6.07) is 6.59. The van der Waals surface area contributed by atoms with E-state index in [1.807, 2.05) is 19.1 Å². The van der Waals surface area contributed by atoms with Gasteiger partial charge in [-0.05, 0) is 43.7 Å². The average Bonchev–Trinajstić information content (AvgIpc) is 3.13. The molecule has 0 bridgehead atoms. The lowest BCUT2D eigenvalue weighted by molar-refractivity contribution is -0.137. The fourth-order valence-electron chi connectivity index (χ4n) is 3.33. The molecule has 30 heavy (non-hydrogen) atoms. The van der Waals surface area contributed by atoms with Gasteiger partial charge in [0, 0.05) is 12.4 Å². The molecule has 0 saturated heterocycles. The van der Waals surface area contributed by atoms with Crippen LogP contribution in [0.15, 0.2) is 60.2 Å². The van der Waals surface area contributed by atoms with Crippen LogP contribution in [-0.4, -0.2) is 21.8 Å². The number of aryl methyl sites for hydroxylation is 1. The summed E-state index contributed by atoms with van der Waals surface area (Å²) in [6.45, 7) is 3.70. The number of carbonyl (C=O) groups excluding carboxylic acids is 1. The molecule has 0 saturated carbocycles. The Kier molecular flexibility index (Phi) is 4.95. The van der Waals surface area contributed by atoms with Gasteiger partial charge in [0.1, 0.15) is 5.82 Å². The summed E-state index contributed by atoms with van der Waals surface area (Å²) in [4.78, 5) is 18.7. The maximum absolute atomic E-state index is 13.2. The Labute approximate surface area is 175 Å². The number of hydrogen-bond acceptors (Lipinski definition) is 5. The van der Waals surface area contributed by atoms with Crippen LogP contribution in [0.2, 0.25) is 5.02 Å². The molecule has 1 aromatic carbocycles. The highest BCUT2D eigenvalue weighted by Crippen LogP contribution is 2.37. The lowest BCUT2D eigenvalue weighted by Gasteiger charge is -2.30. The van der Waals surface area contributed by atoms with E-state index in [4.69, 9.17) is 11.6 Å². The molecular formula is C20H17ClF3N5O. The van der Waals surface area contributed by atoms with E-state index in [0.29, 0.717) is 11.5 Å². The Bertz CT molecular complexity index is 1070. The summed E-state index contributed by atoms with van der Waals surface area (Å²) >= 11 is 5.93. The smallest absolute Gasteiger partial charge is 0.306 e. The highest BCUT2D eigenvalue weighted by molar-refractivity contribution is 6.34. The minimum absolute atomic E-state index is 0.213. The van der Waals surface area contributed by atoms with Gasteiger partial charge in [-0.15, -0.1) is 5.53 Å². The number of alkyl halides is 3.